The highest BCUT2D eigenvalue weighted by Crippen LogP contribution is 2.32. The third kappa shape index (κ3) is 2.74. The van der Waals surface area contributed by atoms with Crippen LogP contribution in [0.25, 0.3) is 5.57 Å². The van der Waals surface area contributed by atoms with Crippen molar-refractivity contribution in [1.29, 1.82) is 0 Å². The monoisotopic (exact) mass is 238 g/mol. The van der Waals surface area contributed by atoms with Crippen LogP contribution < -0.4 is 0 Å². The molecule has 17 heavy (non-hydrogen) atoms. The molecular weight excluding hydrogens is 218 g/mol. The van der Waals surface area contributed by atoms with Crippen molar-refractivity contribution in [3.63, 3.8) is 0 Å². The molecule has 0 amide bonds. The van der Waals surface area contributed by atoms with Crippen molar-refractivity contribution < 1.29 is 8.78 Å². The van der Waals surface area contributed by atoms with Crippen molar-refractivity contribution in [1.82, 2.24) is 0 Å². The van der Waals surface area contributed by atoms with E-state index < -0.39 is 11.6 Å². The molecule has 0 nitrogen and oxygen atoms in total. The number of allylic oxidation sites excluding steroid dienone is 2. The fourth-order valence-electron chi connectivity index (χ4n) is 2.10. The van der Waals surface area contributed by atoms with Crippen molar-refractivity contribution >= 4 is 5.57 Å². The van der Waals surface area contributed by atoms with E-state index in [9.17, 15) is 8.78 Å². The molecule has 0 spiro atoms. The van der Waals surface area contributed by atoms with Crippen LogP contribution in [0.2, 0.25) is 0 Å². The van der Waals surface area contributed by atoms with E-state index in [1.54, 1.807) is 19.1 Å². The van der Waals surface area contributed by atoms with E-state index in [2.05, 4.69) is 6.92 Å². The third-order valence-electron chi connectivity index (χ3n) is 3.29. The molecule has 2 heteroatoms. The first-order valence-corrected chi connectivity index (χ1v) is 5.73. The van der Waals surface area contributed by atoms with Crippen LogP contribution in [0, 0.1) is 24.5 Å². The Labute approximate surface area is 102 Å². The summed E-state index contributed by atoms with van der Waals surface area (Å²) in [6, 6.07) is 3.34. The quantitative estimate of drug-likeness (QED) is 0.637. The Hall–Kier alpha value is -1.18. The minimum atomic E-state index is -0.711. The first-order valence-electron chi connectivity index (χ1n) is 5.73. The Morgan fingerprint density at radius 1 is 1.18 bits per heavy atom. The van der Waals surface area contributed by atoms with E-state index in [1.165, 1.54) is 0 Å². The van der Waals surface area contributed by atoms with E-state index >= 15 is 0 Å². The molecule has 1 aliphatic rings. The van der Waals surface area contributed by atoms with Gasteiger partial charge in [-0.05, 0) is 43.2 Å². The summed E-state index contributed by atoms with van der Waals surface area (Å²) in [6.07, 6.45) is 4.91. The van der Waals surface area contributed by atoms with Crippen LogP contribution >= 0.6 is 0 Å². The van der Waals surface area contributed by atoms with Gasteiger partial charge in [0.1, 0.15) is 0 Å². The third-order valence-corrected chi connectivity index (χ3v) is 3.29. The van der Waals surface area contributed by atoms with Gasteiger partial charge in [-0.3, -0.25) is 0 Å². The van der Waals surface area contributed by atoms with Gasteiger partial charge in [0.15, 0.2) is 11.6 Å². The Morgan fingerprint density at radius 2 is 1.88 bits per heavy atom. The maximum atomic E-state index is 13.7. The number of halogens is 2. The van der Waals surface area contributed by atoms with Crippen molar-refractivity contribution in [2.45, 2.75) is 40.5 Å². The zero-order chi connectivity index (χ0) is 11.7. The molecular formula is C15H20F2. The lowest BCUT2D eigenvalue weighted by Gasteiger charge is -2.19. The highest BCUT2D eigenvalue weighted by atomic mass is 19.2. The Morgan fingerprint density at radius 3 is 2.47 bits per heavy atom. The molecule has 1 atom stereocenters. The van der Waals surface area contributed by atoms with Crippen LogP contribution in [0.5, 0.6) is 0 Å². The van der Waals surface area contributed by atoms with Gasteiger partial charge in [0.25, 0.3) is 0 Å². The smallest absolute Gasteiger partial charge is 0.166 e. The zero-order valence-corrected chi connectivity index (χ0v) is 9.69. The molecule has 0 saturated heterocycles. The van der Waals surface area contributed by atoms with Gasteiger partial charge >= 0.3 is 0 Å². The molecule has 1 aromatic rings. The fraction of sp³-hybridized carbons (Fsp3) is 0.467. The van der Waals surface area contributed by atoms with E-state index in [-0.39, 0.29) is 7.43 Å². The number of benzene rings is 1. The number of aryl methyl sites for hydroxylation is 1. The molecule has 1 unspecified atom stereocenters. The summed E-state index contributed by atoms with van der Waals surface area (Å²) in [6.45, 7) is 3.76. The van der Waals surface area contributed by atoms with Crippen LogP contribution in [-0.4, -0.2) is 0 Å². The van der Waals surface area contributed by atoms with Gasteiger partial charge in [-0.25, -0.2) is 8.78 Å². The van der Waals surface area contributed by atoms with Crippen LogP contribution in [0.3, 0.4) is 0 Å². The van der Waals surface area contributed by atoms with Gasteiger partial charge in [0.05, 0.1) is 0 Å². The molecule has 0 fully saturated rings. The first-order chi connectivity index (χ1) is 7.59. The Bertz CT molecular complexity index is 433. The highest BCUT2D eigenvalue weighted by Gasteiger charge is 2.17. The summed E-state index contributed by atoms with van der Waals surface area (Å²) in [4.78, 5) is 0. The topological polar surface area (TPSA) is 0 Å². The minimum absolute atomic E-state index is 0. The Kier molecular flexibility index (Phi) is 4.44. The van der Waals surface area contributed by atoms with Crippen LogP contribution in [-0.2, 0) is 0 Å². The average molecular weight is 238 g/mol. The van der Waals surface area contributed by atoms with E-state index in [4.69, 9.17) is 0 Å². The number of hydrogen-bond acceptors (Lipinski definition) is 0. The Balaban J connectivity index is 0.00000144. The molecule has 0 heterocycles. The normalized spacial score (nSPS) is 19.5. The molecule has 1 aliphatic carbocycles. The summed E-state index contributed by atoms with van der Waals surface area (Å²) in [5.41, 5.74) is 1.76. The van der Waals surface area contributed by atoms with Crippen LogP contribution in [0.4, 0.5) is 8.78 Å². The second-order valence-corrected chi connectivity index (χ2v) is 4.67. The van der Waals surface area contributed by atoms with E-state index in [0.29, 0.717) is 17.0 Å². The average Bonchev–Trinajstić information content (AvgIpc) is 2.28. The molecule has 0 saturated carbocycles. The molecule has 0 aromatic heterocycles. The molecule has 94 valence electrons. The number of hydrogen-bond donors (Lipinski definition) is 0. The van der Waals surface area contributed by atoms with Gasteiger partial charge in [0, 0.05) is 5.56 Å². The molecule has 0 bridgehead atoms. The minimum Gasteiger partial charge on any atom is -0.203 e. The standard InChI is InChI=1S/C14H16F2.CH4/c1-9-3-6-11(7-4-9)12-8-5-10(2)13(15)14(12)16;/h5-6,8-9H,3-4,7H2,1-2H3;1H4. The lowest BCUT2D eigenvalue weighted by molar-refractivity contribution is 0.496. The van der Waals surface area contributed by atoms with Gasteiger partial charge in [0.2, 0.25) is 0 Å². The molecule has 1 aromatic carbocycles. The summed E-state index contributed by atoms with van der Waals surface area (Å²) in [5.74, 6) is -0.750. The largest absolute Gasteiger partial charge is 0.203 e. The maximum Gasteiger partial charge on any atom is 0.166 e. The van der Waals surface area contributed by atoms with Crippen LogP contribution in [0.15, 0.2) is 18.2 Å². The molecule has 0 aliphatic heterocycles. The molecule has 0 radical (unpaired) electrons. The van der Waals surface area contributed by atoms with Gasteiger partial charge in [-0.1, -0.05) is 32.6 Å². The first kappa shape index (κ1) is 13.9. The predicted molar refractivity (Wildman–Crippen MR) is 68.8 cm³/mol. The van der Waals surface area contributed by atoms with Crippen LogP contribution in [0.1, 0.15) is 44.7 Å². The molecule has 0 N–H and O–H groups in total. The SMILES string of the molecule is C.Cc1ccc(C2=CCC(C)CC2)c(F)c1F. The van der Waals surface area contributed by atoms with E-state index in [1.807, 2.05) is 6.08 Å². The summed E-state index contributed by atoms with van der Waals surface area (Å²) < 4.78 is 27.1. The maximum absolute atomic E-state index is 13.7. The lowest BCUT2D eigenvalue weighted by atomic mass is 9.87. The zero-order valence-electron chi connectivity index (χ0n) is 9.69. The van der Waals surface area contributed by atoms with Gasteiger partial charge < -0.3 is 0 Å². The second kappa shape index (κ2) is 5.44. The summed E-state index contributed by atoms with van der Waals surface area (Å²) in [7, 11) is 0. The van der Waals surface area contributed by atoms with E-state index in [0.717, 1.165) is 24.8 Å². The van der Waals surface area contributed by atoms with Crippen molar-refractivity contribution in [2.24, 2.45) is 5.92 Å². The van der Waals surface area contributed by atoms with Crippen molar-refractivity contribution in [3.05, 3.63) is 41.0 Å². The van der Waals surface area contributed by atoms with Gasteiger partial charge in [-0.2, -0.15) is 0 Å². The number of rotatable bonds is 1. The summed E-state index contributed by atoms with van der Waals surface area (Å²) >= 11 is 0. The summed E-state index contributed by atoms with van der Waals surface area (Å²) in [5, 5.41) is 0. The van der Waals surface area contributed by atoms with Crippen molar-refractivity contribution in [3.8, 4) is 0 Å². The van der Waals surface area contributed by atoms with Crippen molar-refractivity contribution in [2.75, 3.05) is 0 Å². The second-order valence-electron chi connectivity index (χ2n) is 4.67. The predicted octanol–water partition coefficient (Wildman–Crippen LogP) is 5.11. The van der Waals surface area contributed by atoms with Gasteiger partial charge in [-0.15, -0.1) is 0 Å². The fourth-order valence-corrected chi connectivity index (χ4v) is 2.10. The lowest BCUT2D eigenvalue weighted by Crippen LogP contribution is -2.03. The highest BCUT2D eigenvalue weighted by molar-refractivity contribution is 5.67. The molecule has 2 rings (SSSR count).